The van der Waals surface area contributed by atoms with Gasteiger partial charge in [0.05, 0.1) is 0 Å². The normalized spacial score (nSPS) is 30.8. The molecular formula is C19H34N2O2. The highest BCUT2D eigenvalue weighted by molar-refractivity contribution is 5.92. The highest BCUT2D eigenvalue weighted by Gasteiger charge is 2.56. The molecule has 23 heavy (non-hydrogen) atoms. The summed E-state index contributed by atoms with van der Waals surface area (Å²) in [7, 11) is 0. The molecule has 2 N–H and O–H groups in total. The van der Waals surface area contributed by atoms with Crippen molar-refractivity contribution in [2.24, 2.45) is 17.8 Å². The zero-order valence-corrected chi connectivity index (χ0v) is 15.7. The van der Waals surface area contributed by atoms with E-state index in [1.165, 1.54) is 6.92 Å². The fourth-order valence-corrected chi connectivity index (χ4v) is 4.26. The monoisotopic (exact) mass is 322 g/mol. The maximum Gasteiger partial charge on any atom is 0.246 e. The van der Waals surface area contributed by atoms with E-state index in [1.807, 2.05) is 26.8 Å². The summed E-state index contributed by atoms with van der Waals surface area (Å²) in [4.78, 5) is 25.1. The molecule has 4 nitrogen and oxygen atoms in total. The molecule has 1 rings (SSSR count). The van der Waals surface area contributed by atoms with Crippen molar-refractivity contribution in [3.05, 3.63) is 12.7 Å². The standard InChI is InChI=1S/C19H34N2O2/c1-8-11-16-15(10-3)14(9-2)12-19(16,20-13(4)22)17(23)21-18(5,6)7/h8,14-16H,1,9-12H2,2-7H3,(H,20,22)(H,21,23)/t14-,15?,16+,19?/m1/s1. The van der Waals surface area contributed by atoms with Gasteiger partial charge in [0.1, 0.15) is 5.54 Å². The van der Waals surface area contributed by atoms with Crippen LogP contribution in [0.1, 0.15) is 67.2 Å². The molecule has 0 aromatic rings. The second-order valence-electron chi connectivity index (χ2n) is 7.93. The maximum atomic E-state index is 13.2. The van der Waals surface area contributed by atoms with E-state index < -0.39 is 5.54 Å². The number of carbonyl (C=O) groups is 2. The van der Waals surface area contributed by atoms with Crippen molar-refractivity contribution in [1.29, 1.82) is 0 Å². The first kappa shape index (κ1) is 19.7. The van der Waals surface area contributed by atoms with Crippen molar-refractivity contribution in [2.45, 2.75) is 78.3 Å². The molecule has 4 heteroatoms. The first-order valence-electron chi connectivity index (χ1n) is 8.83. The van der Waals surface area contributed by atoms with E-state index in [1.54, 1.807) is 0 Å². The molecular weight excluding hydrogens is 288 g/mol. The highest BCUT2D eigenvalue weighted by atomic mass is 16.2. The summed E-state index contributed by atoms with van der Waals surface area (Å²) in [5, 5.41) is 6.14. The third-order valence-electron chi connectivity index (χ3n) is 5.05. The van der Waals surface area contributed by atoms with Crippen LogP contribution in [0.3, 0.4) is 0 Å². The molecule has 0 aromatic heterocycles. The van der Waals surface area contributed by atoms with Gasteiger partial charge >= 0.3 is 0 Å². The van der Waals surface area contributed by atoms with Crippen molar-refractivity contribution < 1.29 is 9.59 Å². The van der Waals surface area contributed by atoms with Gasteiger partial charge in [0.15, 0.2) is 0 Å². The van der Waals surface area contributed by atoms with Gasteiger partial charge in [0.2, 0.25) is 11.8 Å². The van der Waals surface area contributed by atoms with Crippen molar-refractivity contribution in [1.82, 2.24) is 10.6 Å². The molecule has 0 aliphatic heterocycles. The van der Waals surface area contributed by atoms with Gasteiger partial charge < -0.3 is 10.6 Å². The number of hydrogen-bond acceptors (Lipinski definition) is 2. The lowest BCUT2D eigenvalue weighted by Crippen LogP contribution is -2.63. The summed E-state index contributed by atoms with van der Waals surface area (Å²) in [6.45, 7) is 15.6. The molecule has 132 valence electrons. The first-order chi connectivity index (χ1) is 10.6. The van der Waals surface area contributed by atoms with E-state index in [-0.39, 0.29) is 23.3 Å². The lowest BCUT2D eigenvalue weighted by molar-refractivity contribution is -0.136. The van der Waals surface area contributed by atoms with Crippen LogP contribution < -0.4 is 10.6 Å². The van der Waals surface area contributed by atoms with Crippen molar-refractivity contribution in [3.63, 3.8) is 0 Å². The maximum absolute atomic E-state index is 13.2. The summed E-state index contributed by atoms with van der Waals surface area (Å²) in [5.41, 5.74) is -1.15. The molecule has 0 spiro atoms. The van der Waals surface area contributed by atoms with E-state index >= 15 is 0 Å². The minimum absolute atomic E-state index is 0.0542. The lowest BCUT2D eigenvalue weighted by atomic mass is 9.77. The third kappa shape index (κ3) is 4.36. The molecule has 0 bridgehead atoms. The number of nitrogens with one attached hydrogen (secondary N) is 2. The molecule has 1 aliphatic rings. The fraction of sp³-hybridized carbons (Fsp3) is 0.789. The Morgan fingerprint density at radius 1 is 1.26 bits per heavy atom. The number of rotatable bonds is 6. The van der Waals surface area contributed by atoms with Gasteiger partial charge in [-0.2, -0.15) is 0 Å². The molecule has 0 radical (unpaired) electrons. The molecule has 1 aliphatic carbocycles. The third-order valence-corrected chi connectivity index (χ3v) is 5.05. The van der Waals surface area contributed by atoms with Gasteiger partial charge in [-0.25, -0.2) is 0 Å². The Morgan fingerprint density at radius 2 is 1.87 bits per heavy atom. The number of amides is 2. The molecule has 0 aromatic carbocycles. The zero-order valence-electron chi connectivity index (χ0n) is 15.7. The topological polar surface area (TPSA) is 58.2 Å². The van der Waals surface area contributed by atoms with Crippen LogP contribution in [0, 0.1) is 17.8 Å². The van der Waals surface area contributed by atoms with E-state index in [2.05, 4.69) is 31.1 Å². The Hall–Kier alpha value is -1.32. The van der Waals surface area contributed by atoms with Crippen molar-refractivity contribution >= 4 is 11.8 Å². The number of hydrogen-bond donors (Lipinski definition) is 2. The van der Waals surface area contributed by atoms with Crippen LogP contribution in [0.5, 0.6) is 0 Å². The summed E-state index contributed by atoms with van der Waals surface area (Å²) >= 11 is 0. The van der Waals surface area contributed by atoms with E-state index in [4.69, 9.17) is 0 Å². The van der Waals surface area contributed by atoms with Crippen LogP contribution in [0.2, 0.25) is 0 Å². The second kappa shape index (κ2) is 7.50. The van der Waals surface area contributed by atoms with Gasteiger partial charge in [0.25, 0.3) is 0 Å². The molecule has 4 atom stereocenters. The summed E-state index contributed by atoms with van der Waals surface area (Å²) in [6, 6.07) is 0. The predicted molar refractivity (Wildman–Crippen MR) is 94.9 cm³/mol. The van der Waals surface area contributed by atoms with E-state index in [0.29, 0.717) is 18.3 Å². The minimum Gasteiger partial charge on any atom is -0.349 e. The SMILES string of the molecule is C=CC[C@H]1C(CC)[C@H](CC)CC1(NC(C)=O)C(=O)NC(C)(C)C. The Morgan fingerprint density at radius 3 is 2.26 bits per heavy atom. The average molecular weight is 322 g/mol. The fourth-order valence-electron chi connectivity index (χ4n) is 4.26. The zero-order chi connectivity index (χ0) is 17.8. The van der Waals surface area contributed by atoms with Crippen LogP contribution >= 0.6 is 0 Å². The second-order valence-corrected chi connectivity index (χ2v) is 7.93. The molecule has 2 amide bonds. The van der Waals surface area contributed by atoms with Crippen LogP contribution in [-0.4, -0.2) is 22.9 Å². The largest absolute Gasteiger partial charge is 0.349 e. The molecule has 0 heterocycles. The quantitative estimate of drug-likeness (QED) is 0.736. The van der Waals surface area contributed by atoms with Crippen molar-refractivity contribution in [3.8, 4) is 0 Å². The van der Waals surface area contributed by atoms with E-state index in [0.717, 1.165) is 19.3 Å². The van der Waals surface area contributed by atoms with Gasteiger partial charge in [0, 0.05) is 12.5 Å². The van der Waals surface area contributed by atoms with Crippen LogP contribution in [0.25, 0.3) is 0 Å². The number of allylic oxidation sites excluding steroid dienone is 1. The summed E-state index contributed by atoms with van der Waals surface area (Å²) in [6.07, 6.45) is 5.37. The Labute approximate surface area is 141 Å². The molecule has 1 fully saturated rings. The van der Waals surface area contributed by atoms with E-state index in [9.17, 15) is 9.59 Å². The minimum atomic E-state index is -0.825. The predicted octanol–water partition coefficient (Wildman–Crippen LogP) is 3.42. The Balaban J connectivity index is 3.31. The van der Waals surface area contributed by atoms with Gasteiger partial charge in [-0.1, -0.05) is 32.8 Å². The summed E-state index contributed by atoms with van der Waals surface area (Å²) < 4.78 is 0. The lowest BCUT2D eigenvalue weighted by Gasteiger charge is -2.38. The highest BCUT2D eigenvalue weighted by Crippen LogP contribution is 2.49. The van der Waals surface area contributed by atoms with Crippen LogP contribution in [0.4, 0.5) is 0 Å². The first-order valence-corrected chi connectivity index (χ1v) is 8.83. The Kier molecular flexibility index (Phi) is 6.43. The van der Waals surface area contributed by atoms with Crippen molar-refractivity contribution in [2.75, 3.05) is 0 Å². The molecule has 1 saturated carbocycles. The average Bonchev–Trinajstić information content (AvgIpc) is 2.71. The van der Waals surface area contributed by atoms with Gasteiger partial charge in [-0.05, 0) is 51.4 Å². The Bertz CT molecular complexity index is 453. The summed E-state index contributed by atoms with van der Waals surface area (Å²) in [5.74, 6) is 0.774. The number of carbonyl (C=O) groups excluding carboxylic acids is 2. The molecule has 2 unspecified atom stereocenters. The van der Waals surface area contributed by atoms with Crippen LogP contribution in [-0.2, 0) is 9.59 Å². The van der Waals surface area contributed by atoms with Gasteiger partial charge in [-0.15, -0.1) is 6.58 Å². The van der Waals surface area contributed by atoms with Crippen LogP contribution in [0.15, 0.2) is 12.7 Å². The van der Waals surface area contributed by atoms with Gasteiger partial charge in [-0.3, -0.25) is 9.59 Å². The molecule has 0 saturated heterocycles. The smallest absolute Gasteiger partial charge is 0.246 e.